The average Bonchev–Trinajstić information content (AvgIpc) is 2.81. The van der Waals surface area contributed by atoms with E-state index in [1.807, 2.05) is 0 Å². The van der Waals surface area contributed by atoms with Crippen molar-refractivity contribution in [1.29, 1.82) is 0 Å². The highest BCUT2D eigenvalue weighted by atomic mass is 35.5. The Kier molecular flexibility index (Phi) is 5.45. The van der Waals surface area contributed by atoms with Gasteiger partial charge in [0.25, 0.3) is 0 Å². The second-order valence-electron chi connectivity index (χ2n) is 6.64. The number of hydrogen-bond donors (Lipinski definition) is 1. The van der Waals surface area contributed by atoms with Crippen LogP contribution in [0.25, 0.3) is 0 Å². The molecule has 1 nitrogen and oxygen atoms in total. The summed E-state index contributed by atoms with van der Waals surface area (Å²) in [6.45, 7) is 6.25. The van der Waals surface area contributed by atoms with E-state index in [1.54, 1.807) is 6.07 Å². The predicted molar refractivity (Wildman–Crippen MR) is 83.5 cm³/mol. The summed E-state index contributed by atoms with van der Waals surface area (Å²) in [6, 6.07) is 4.56. The first kappa shape index (κ1) is 15.8. The summed E-state index contributed by atoms with van der Waals surface area (Å²) in [7, 11) is 0. The smallest absolute Gasteiger partial charge is 0.123 e. The van der Waals surface area contributed by atoms with Gasteiger partial charge in [-0.25, -0.2) is 4.39 Å². The van der Waals surface area contributed by atoms with Crippen LogP contribution in [0.15, 0.2) is 18.2 Å². The predicted octanol–water partition coefficient (Wildman–Crippen LogP) is 5.18. The molecule has 20 heavy (non-hydrogen) atoms. The van der Waals surface area contributed by atoms with Crippen molar-refractivity contribution in [2.75, 3.05) is 6.54 Å². The third-order valence-corrected chi connectivity index (χ3v) is 4.70. The van der Waals surface area contributed by atoms with Gasteiger partial charge in [0, 0.05) is 18.1 Å². The minimum atomic E-state index is -0.219. The van der Waals surface area contributed by atoms with Gasteiger partial charge in [0.15, 0.2) is 0 Å². The van der Waals surface area contributed by atoms with Crippen LogP contribution < -0.4 is 5.32 Å². The SMILES string of the molecule is CC(C)CC1(CNCc2cc(F)ccc2Cl)CCCC1. The summed E-state index contributed by atoms with van der Waals surface area (Å²) >= 11 is 6.10. The molecule has 0 aliphatic heterocycles. The molecule has 1 saturated carbocycles. The molecular weight excluding hydrogens is 273 g/mol. The first-order valence-electron chi connectivity index (χ1n) is 7.65. The molecule has 0 heterocycles. The Bertz CT molecular complexity index is 439. The first-order valence-corrected chi connectivity index (χ1v) is 8.03. The molecule has 1 aromatic rings. The molecule has 0 saturated heterocycles. The standard InChI is InChI=1S/C17H25ClFN/c1-13(2)10-17(7-3-4-8-17)12-20-11-14-9-15(19)5-6-16(14)18/h5-6,9,13,20H,3-4,7-8,10-12H2,1-2H3. The lowest BCUT2D eigenvalue weighted by Crippen LogP contribution is -2.33. The lowest BCUT2D eigenvalue weighted by molar-refractivity contribution is 0.223. The summed E-state index contributed by atoms with van der Waals surface area (Å²) in [6.07, 6.45) is 6.59. The van der Waals surface area contributed by atoms with E-state index in [0.29, 0.717) is 17.0 Å². The Morgan fingerprint density at radius 3 is 2.65 bits per heavy atom. The van der Waals surface area contributed by atoms with Crippen molar-refractivity contribution >= 4 is 11.6 Å². The zero-order valence-corrected chi connectivity index (χ0v) is 13.3. The van der Waals surface area contributed by atoms with Crippen molar-refractivity contribution in [3.63, 3.8) is 0 Å². The largest absolute Gasteiger partial charge is 0.312 e. The number of rotatable bonds is 6. The highest BCUT2D eigenvalue weighted by Crippen LogP contribution is 2.42. The van der Waals surface area contributed by atoms with E-state index in [1.165, 1.54) is 44.2 Å². The van der Waals surface area contributed by atoms with Gasteiger partial charge >= 0.3 is 0 Å². The van der Waals surface area contributed by atoms with Crippen molar-refractivity contribution < 1.29 is 4.39 Å². The number of halogens is 2. The fourth-order valence-corrected chi connectivity index (χ4v) is 3.77. The van der Waals surface area contributed by atoms with Crippen molar-refractivity contribution in [3.8, 4) is 0 Å². The van der Waals surface area contributed by atoms with Gasteiger partial charge in [-0.2, -0.15) is 0 Å². The highest BCUT2D eigenvalue weighted by molar-refractivity contribution is 6.31. The lowest BCUT2D eigenvalue weighted by Gasteiger charge is -2.31. The van der Waals surface area contributed by atoms with E-state index in [2.05, 4.69) is 19.2 Å². The maximum atomic E-state index is 13.2. The molecule has 2 rings (SSSR count). The molecule has 0 radical (unpaired) electrons. The fraction of sp³-hybridized carbons (Fsp3) is 0.647. The lowest BCUT2D eigenvalue weighted by atomic mass is 9.78. The quantitative estimate of drug-likeness (QED) is 0.763. The molecule has 3 heteroatoms. The monoisotopic (exact) mass is 297 g/mol. The van der Waals surface area contributed by atoms with Gasteiger partial charge in [0.1, 0.15) is 5.82 Å². The van der Waals surface area contributed by atoms with E-state index in [0.717, 1.165) is 18.0 Å². The molecule has 0 spiro atoms. The zero-order chi connectivity index (χ0) is 14.6. The first-order chi connectivity index (χ1) is 9.51. The van der Waals surface area contributed by atoms with Crippen LogP contribution in [0.5, 0.6) is 0 Å². The molecule has 0 unspecified atom stereocenters. The maximum absolute atomic E-state index is 13.2. The molecule has 0 atom stereocenters. The minimum absolute atomic E-state index is 0.219. The Balaban J connectivity index is 1.91. The summed E-state index contributed by atoms with van der Waals surface area (Å²) in [5.41, 5.74) is 1.29. The van der Waals surface area contributed by atoms with Crippen LogP contribution in [0, 0.1) is 17.2 Å². The van der Waals surface area contributed by atoms with Gasteiger partial charge in [-0.1, -0.05) is 38.3 Å². The van der Waals surface area contributed by atoms with Crippen LogP contribution in [0.2, 0.25) is 5.02 Å². The molecule has 1 N–H and O–H groups in total. The summed E-state index contributed by atoms with van der Waals surface area (Å²) in [5, 5.41) is 4.15. The van der Waals surface area contributed by atoms with Crippen LogP contribution in [-0.2, 0) is 6.54 Å². The Hall–Kier alpha value is -0.600. The molecule has 0 aromatic heterocycles. The van der Waals surface area contributed by atoms with Gasteiger partial charge in [0.05, 0.1) is 0 Å². The van der Waals surface area contributed by atoms with E-state index in [4.69, 9.17) is 11.6 Å². The molecule has 0 bridgehead atoms. The van der Waals surface area contributed by atoms with Crippen molar-refractivity contribution in [2.24, 2.45) is 11.3 Å². The highest BCUT2D eigenvalue weighted by Gasteiger charge is 2.33. The number of hydrogen-bond acceptors (Lipinski definition) is 1. The topological polar surface area (TPSA) is 12.0 Å². The van der Waals surface area contributed by atoms with Crippen LogP contribution in [0.3, 0.4) is 0 Å². The summed E-state index contributed by atoms with van der Waals surface area (Å²) < 4.78 is 13.2. The van der Waals surface area contributed by atoms with Gasteiger partial charge in [-0.15, -0.1) is 0 Å². The number of benzene rings is 1. The third-order valence-electron chi connectivity index (χ3n) is 4.33. The van der Waals surface area contributed by atoms with Crippen LogP contribution >= 0.6 is 11.6 Å². The van der Waals surface area contributed by atoms with Crippen molar-refractivity contribution in [1.82, 2.24) is 5.32 Å². The summed E-state index contributed by atoms with van der Waals surface area (Å²) in [4.78, 5) is 0. The van der Waals surface area contributed by atoms with Crippen LogP contribution in [0.4, 0.5) is 4.39 Å². The molecule has 1 aliphatic rings. The van der Waals surface area contributed by atoms with Gasteiger partial charge in [-0.3, -0.25) is 0 Å². The van der Waals surface area contributed by atoms with Crippen LogP contribution in [-0.4, -0.2) is 6.54 Å². The molecule has 1 aliphatic carbocycles. The average molecular weight is 298 g/mol. The van der Waals surface area contributed by atoms with Gasteiger partial charge in [0.2, 0.25) is 0 Å². The van der Waals surface area contributed by atoms with E-state index in [-0.39, 0.29) is 5.82 Å². The molecule has 1 aromatic carbocycles. The Morgan fingerprint density at radius 1 is 1.30 bits per heavy atom. The second kappa shape index (κ2) is 6.91. The molecule has 0 amide bonds. The van der Waals surface area contributed by atoms with E-state index >= 15 is 0 Å². The normalized spacial score (nSPS) is 17.9. The Labute approximate surface area is 126 Å². The molecule has 112 valence electrons. The second-order valence-corrected chi connectivity index (χ2v) is 7.05. The summed E-state index contributed by atoms with van der Waals surface area (Å²) in [5.74, 6) is 0.511. The maximum Gasteiger partial charge on any atom is 0.123 e. The molecular formula is C17H25ClFN. The van der Waals surface area contributed by atoms with Gasteiger partial charge in [-0.05, 0) is 54.4 Å². The Morgan fingerprint density at radius 2 is 2.00 bits per heavy atom. The van der Waals surface area contributed by atoms with E-state index in [9.17, 15) is 4.39 Å². The fourth-order valence-electron chi connectivity index (χ4n) is 3.59. The van der Waals surface area contributed by atoms with Gasteiger partial charge < -0.3 is 5.32 Å². The third kappa shape index (κ3) is 4.20. The molecule has 1 fully saturated rings. The number of nitrogens with one attached hydrogen (secondary N) is 1. The van der Waals surface area contributed by atoms with Crippen molar-refractivity contribution in [3.05, 3.63) is 34.6 Å². The van der Waals surface area contributed by atoms with Crippen LogP contribution in [0.1, 0.15) is 51.5 Å². The zero-order valence-electron chi connectivity index (χ0n) is 12.5. The van der Waals surface area contributed by atoms with E-state index < -0.39 is 0 Å². The minimum Gasteiger partial charge on any atom is -0.312 e. The van der Waals surface area contributed by atoms with Crippen molar-refractivity contribution in [2.45, 2.75) is 52.5 Å².